The van der Waals surface area contributed by atoms with Gasteiger partial charge in [-0.3, -0.25) is 4.79 Å². The lowest BCUT2D eigenvalue weighted by atomic mass is 9.94. The van der Waals surface area contributed by atoms with Crippen molar-refractivity contribution < 1.29 is 13.2 Å². The lowest BCUT2D eigenvalue weighted by Gasteiger charge is -2.33. The number of hydrogen-bond acceptors (Lipinski definition) is 4. The van der Waals surface area contributed by atoms with Gasteiger partial charge in [-0.15, -0.1) is 0 Å². The Bertz CT molecular complexity index is 390. The van der Waals surface area contributed by atoms with Gasteiger partial charge in [0.15, 0.2) is 9.84 Å². The van der Waals surface area contributed by atoms with Gasteiger partial charge in [-0.2, -0.15) is 0 Å². The smallest absolute Gasteiger partial charge is 0.241 e. The summed E-state index contributed by atoms with van der Waals surface area (Å²) in [5, 5.41) is 6.03. The molecule has 1 heterocycles. The number of piperidine rings is 1. The fourth-order valence-corrected chi connectivity index (χ4v) is 2.09. The Labute approximate surface area is 103 Å². The van der Waals surface area contributed by atoms with Crippen molar-refractivity contribution in [1.82, 2.24) is 10.6 Å². The van der Waals surface area contributed by atoms with E-state index in [9.17, 15) is 13.2 Å². The van der Waals surface area contributed by atoms with Gasteiger partial charge in [-0.25, -0.2) is 8.42 Å². The van der Waals surface area contributed by atoms with Crippen LogP contribution in [-0.2, 0) is 14.6 Å². The molecule has 1 saturated heterocycles. The summed E-state index contributed by atoms with van der Waals surface area (Å²) in [6.07, 6.45) is 2.08. The van der Waals surface area contributed by atoms with Gasteiger partial charge >= 0.3 is 0 Å². The molecule has 0 spiro atoms. The first-order chi connectivity index (χ1) is 7.66. The van der Waals surface area contributed by atoms with E-state index in [0.29, 0.717) is 12.5 Å². The topological polar surface area (TPSA) is 75.3 Å². The molecule has 0 aromatic rings. The normalized spacial score (nSPS) is 26.6. The van der Waals surface area contributed by atoms with E-state index in [1.165, 1.54) is 13.8 Å². The second-order valence-corrected chi connectivity index (χ2v) is 7.90. The van der Waals surface area contributed by atoms with E-state index < -0.39 is 20.5 Å². The second-order valence-electron chi connectivity index (χ2n) is 5.33. The number of hydrogen-bond donors (Lipinski definition) is 2. The fraction of sp³-hybridized carbons (Fsp3) is 0.909. The van der Waals surface area contributed by atoms with Crippen LogP contribution in [0.4, 0.5) is 0 Å². The Balaban J connectivity index is 2.72. The van der Waals surface area contributed by atoms with Crippen LogP contribution in [-0.4, -0.2) is 44.5 Å². The Hall–Kier alpha value is -0.620. The van der Waals surface area contributed by atoms with E-state index in [4.69, 9.17) is 0 Å². The lowest BCUT2D eigenvalue weighted by molar-refractivity contribution is -0.124. The van der Waals surface area contributed by atoms with Crippen molar-refractivity contribution in [3.8, 4) is 0 Å². The Morgan fingerprint density at radius 3 is 2.47 bits per heavy atom. The van der Waals surface area contributed by atoms with Crippen molar-refractivity contribution in [2.45, 2.75) is 38.0 Å². The van der Waals surface area contributed by atoms with Crippen LogP contribution in [0.5, 0.6) is 0 Å². The van der Waals surface area contributed by atoms with Crippen LogP contribution in [0.3, 0.4) is 0 Å². The second kappa shape index (κ2) is 4.94. The highest BCUT2D eigenvalue weighted by Gasteiger charge is 2.40. The van der Waals surface area contributed by atoms with Gasteiger partial charge in [-0.05, 0) is 32.7 Å². The predicted octanol–water partition coefficient (Wildman–Crippen LogP) is -0.0762. The molecule has 6 heteroatoms. The molecule has 5 nitrogen and oxygen atoms in total. The van der Waals surface area contributed by atoms with Gasteiger partial charge < -0.3 is 10.6 Å². The molecule has 1 aliphatic heterocycles. The van der Waals surface area contributed by atoms with Crippen molar-refractivity contribution in [3.05, 3.63) is 0 Å². The van der Waals surface area contributed by atoms with E-state index >= 15 is 0 Å². The third kappa shape index (κ3) is 3.19. The lowest BCUT2D eigenvalue weighted by Crippen LogP contribution is -2.56. The van der Waals surface area contributed by atoms with Crippen molar-refractivity contribution in [1.29, 1.82) is 0 Å². The van der Waals surface area contributed by atoms with Gasteiger partial charge in [0.25, 0.3) is 0 Å². The predicted molar refractivity (Wildman–Crippen MR) is 67.5 cm³/mol. The summed E-state index contributed by atoms with van der Waals surface area (Å²) < 4.78 is 21.7. The van der Waals surface area contributed by atoms with Crippen molar-refractivity contribution in [2.75, 3.05) is 19.3 Å². The summed E-state index contributed by atoms with van der Waals surface area (Å²) in [5.74, 6) is -0.0453. The molecule has 0 bridgehead atoms. The molecule has 0 aromatic heterocycles. The number of carbonyl (C=O) groups is 1. The first-order valence-electron chi connectivity index (χ1n) is 5.87. The maximum atomic E-state index is 12.0. The maximum Gasteiger partial charge on any atom is 0.241 e. The van der Waals surface area contributed by atoms with Crippen LogP contribution in [0.15, 0.2) is 0 Å². The summed E-state index contributed by atoms with van der Waals surface area (Å²) in [6.45, 7) is 6.60. The largest absolute Gasteiger partial charge is 0.350 e. The molecule has 100 valence electrons. The van der Waals surface area contributed by atoms with E-state index in [1.807, 2.05) is 0 Å². The number of carbonyl (C=O) groups excluding carboxylic acids is 1. The first kappa shape index (κ1) is 14.4. The number of nitrogens with one attached hydrogen (secondary N) is 2. The van der Waals surface area contributed by atoms with Crippen LogP contribution in [0, 0.1) is 5.92 Å². The van der Waals surface area contributed by atoms with Crippen LogP contribution in [0.25, 0.3) is 0 Å². The molecular formula is C11H22N2O3S. The molecule has 2 atom stereocenters. The summed E-state index contributed by atoms with van der Waals surface area (Å²) in [5.41, 5.74) is 0. The zero-order chi connectivity index (χ0) is 13.3. The van der Waals surface area contributed by atoms with Crippen LogP contribution >= 0.6 is 0 Å². The SMILES string of the molecule is CC1CCNCC1NC(=O)C(C)(C)S(C)(=O)=O. The zero-order valence-electron chi connectivity index (χ0n) is 10.9. The highest BCUT2D eigenvalue weighted by Crippen LogP contribution is 2.17. The summed E-state index contributed by atoms with van der Waals surface area (Å²) >= 11 is 0. The summed E-state index contributed by atoms with van der Waals surface area (Å²) in [7, 11) is -3.40. The van der Waals surface area contributed by atoms with Crippen LogP contribution in [0.2, 0.25) is 0 Å². The number of amides is 1. The van der Waals surface area contributed by atoms with Gasteiger partial charge in [-0.1, -0.05) is 6.92 Å². The van der Waals surface area contributed by atoms with Crippen LogP contribution in [0.1, 0.15) is 27.2 Å². The Kier molecular flexibility index (Phi) is 4.19. The van der Waals surface area contributed by atoms with E-state index in [-0.39, 0.29) is 6.04 Å². The van der Waals surface area contributed by atoms with Crippen molar-refractivity contribution in [3.63, 3.8) is 0 Å². The molecular weight excluding hydrogens is 240 g/mol. The molecule has 2 unspecified atom stereocenters. The van der Waals surface area contributed by atoms with Gasteiger partial charge in [0, 0.05) is 18.8 Å². The van der Waals surface area contributed by atoms with Gasteiger partial charge in [0.2, 0.25) is 5.91 Å². The molecule has 2 N–H and O–H groups in total. The molecule has 0 saturated carbocycles. The molecule has 1 rings (SSSR count). The Morgan fingerprint density at radius 2 is 2.00 bits per heavy atom. The average molecular weight is 262 g/mol. The highest BCUT2D eigenvalue weighted by atomic mass is 32.2. The molecule has 1 aliphatic rings. The van der Waals surface area contributed by atoms with Crippen molar-refractivity contribution >= 4 is 15.7 Å². The standard InChI is InChI=1S/C11H22N2O3S/c1-8-5-6-12-7-9(8)13-10(14)11(2,3)17(4,15)16/h8-9,12H,5-7H2,1-4H3,(H,13,14). The molecule has 17 heavy (non-hydrogen) atoms. The van der Waals surface area contributed by atoms with Crippen molar-refractivity contribution in [2.24, 2.45) is 5.92 Å². The van der Waals surface area contributed by atoms with E-state index in [0.717, 1.165) is 19.2 Å². The third-order valence-electron chi connectivity index (χ3n) is 3.62. The Morgan fingerprint density at radius 1 is 1.41 bits per heavy atom. The average Bonchev–Trinajstić information content (AvgIpc) is 2.19. The van der Waals surface area contributed by atoms with Gasteiger partial charge in [0.05, 0.1) is 0 Å². The minimum atomic E-state index is -3.40. The number of sulfone groups is 1. The van der Waals surface area contributed by atoms with E-state index in [1.54, 1.807) is 0 Å². The molecule has 1 amide bonds. The maximum absolute atomic E-state index is 12.0. The minimum absolute atomic E-state index is 0.0114. The monoisotopic (exact) mass is 262 g/mol. The molecule has 1 fully saturated rings. The minimum Gasteiger partial charge on any atom is -0.350 e. The summed E-state index contributed by atoms with van der Waals surface area (Å²) in [4.78, 5) is 12.0. The molecule has 0 radical (unpaired) electrons. The van der Waals surface area contributed by atoms with Crippen LogP contribution < -0.4 is 10.6 Å². The third-order valence-corrected chi connectivity index (χ3v) is 5.66. The zero-order valence-corrected chi connectivity index (χ0v) is 11.7. The first-order valence-corrected chi connectivity index (χ1v) is 7.76. The molecule has 0 aromatic carbocycles. The van der Waals surface area contributed by atoms with Gasteiger partial charge in [0.1, 0.15) is 4.75 Å². The summed E-state index contributed by atoms with van der Waals surface area (Å²) in [6, 6.07) is 0.0114. The van der Waals surface area contributed by atoms with E-state index in [2.05, 4.69) is 17.6 Å². The molecule has 0 aliphatic carbocycles. The fourth-order valence-electron chi connectivity index (χ4n) is 1.69. The number of rotatable bonds is 3. The quantitative estimate of drug-likeness (QED) is 0.746. The highest BCUT2D eigenvalue weighted by molar-refractivity contribution is 7.92.